The number of hydrogen-bond acceptors (Lipinski definition) is 4. The van der Waals surface area contributed by atoms with Crippen LogP contribution in [-0.2, 0) is 17.8 Å². The molecule has 2 rings (SSSR count). The van der Waals surface area contributed by atoms with Crippen LogP contribution in [0.2, 0.25) is 0 Å². The van der Waals surface area contributed by atoms with Crippen LogP contribution < -0.4 is 0 Å². The van der Waals surface area contributed by atoms with E-state index < -0.39 is 0 Å². The Hall–Kier alpha value is -0.940. The van der Waals surface area contributed by atoms with Crippen LogP contribution in [0, 0.1) is 5.92 Å². The molecule has 1 aromatic heterocycles. The van der Waals surface area contributed by atoms with Crippen LogP contribution in [0.15, 0.2) is 6.33 Å². The van der Waals surface area contributed by atoms with Crippen molar-refractivity contribution < 1.29 is 4.74 Å². The van der Waals surface area contributed by atoms with Crippen LogP contribution in [-0.4, -0.2) is 45.5 Å². The molecule has 0 N–H and O–H groups in total. The SMILES string of the molecule is CCCn1cnnc1CN(C)C[C@@H]1CCOC(C)(C)C1. The Kier molecular flexibility index (Phi) is 5.16. The molecule has 1 saturated heterocycles. The van der Waals surface area contributed by atoms with E-state index in [1.807, 2.05) is 6.33 Å². The Labute approximate surface area is 122 Å². The Balaban J connectivity index is 1.85. The smallest absolute Gasteiger partial charge is 0.146 e. The van der Waals surface area contributed by atoms with Crippen molar-refractivity contribution in [3.8, 4) is 0 Å². The first-order chi connectivity index (χ1) is 9.50. The molecule has 2 heterocycles. The van der Waals surface area contributed by atoms with Crippen molar-refractivity contribution in [1.82, 2.24) is 19.7 Å². The lowest BCUT2D eigenvalue weighted by Crippen LogP contribution is -2.38. The van der Waals surface area contributed by atoms with Crippen molar-refractivity contribution in [1.29, 1.82) is 0 Å². The second kappa shape index (κ2) is 6.68. The zero-order chi connectivity index (χ0) is 14.6. The highest BCUT2D eigenvalue weighted by Crippen LogP contribution is 2.29. The minimum absolute atomic E-state index is 0.0337. The average Bonchev–Trinajstić information content (AvgIpc) is 2.75. The molecule has 0 saturated carbocycles. The van der Waals surface area contributed by atoms with E-state index in [4.69, 9.17) is 4.74 Å². The number of aromatic nitrogens is 3. The zero-order valence-corrected chi connectivity index (χ0v) is 13.3. The van der Waals surface area contributed by atoms with Gasteiger partial charge in [0.1, 0.15) is 12.2 Å². The molecule has 0 radical (unpaired) electrons. The summed E-state index contributed by atoms with van der Waals surface area (Å²) < 4.78 is 7.95. The van der Waals surface area contributed by atoms with Crippen LogP contribution >= 0.6 is 0 Å². The summed E-state index contributed by atoms with van der Waals surface area (Å²) >= 11 is 0. The lowest BCUT2D eigenvalue weighted by atomic mass is 9.88. The molecule has 0 aromatic carbocycles. The summed E-state index contributed by atoms with van der Waals surface area (Å²) in [6.07, 6.45) is 5.25. The largest absolute Gasteiger partial charge is 0.376 e. The van der Waals surface area contributed by atoms with Gasteiger partial charge in [-0.1, -0.05) is 6.92 Å². The highest BCUT2D eigenvalue weighted by Gasteiger charge is 2.29. The minimum Gasteiger partial charge on any atom is -0.376 e. The Bertz CT molecular complexity index is 416. The van der Waals surface area contributed by atoms with Gasteiger partial charge < -0.3 is 9.30 Å². The molecule has 5 nitrogen and oxygen atoms in total. The van der Waals surface area contributed by atoms with Crippen molar-refractivity contribution in [2.45, 2.75) is 58.7 Å². The number of hydrogen-bond donors (Lipinski definition) is 0. The first-order valence-electron chi connectivity index (χ1n) is 7.69. The molecular formula is C15H28N4O. The second-order valence-electron chi connectivity index (χ2n) is 6.60. The van der Waals surface area contributed by atoms with Gasteiger partial charge in [-0.3, -0.25) is 4.90 Å². The van der Waals surface area contributed by atoms with Crippen molar-refractivity contribution in [3.05, 3.63) is 12.2 Å². The van der Waals surface area contributed by atoms with E-state index in [2.05, 4.69) is 47.5 Å². The monoisotopic (exact) mass is 280 g/mol. The molecule has 0 unspecified atom stereocenters. The third-order valence-electron chi connectivity index (χ3n) is 3.94. The Morgan fingerprint density at radius 3 is 3.00 bits per heavy atom. The molecule has 0 amide bonds. The highest BCUT2D eigenvalue weighted by atomic mass is 16.5. The number of aryl methyl sites for hydroxylation is 1. The van der Waals surface area contributed by atoms with Gasteiger partial charge in [-0.05, 0) is 46.1 Å². The molecule has 1 fully saturated rings. The standard InChI is InChI=1S/C15H28N4O/c1-5-7-19-12-16-17-14(19)11-18(4)10-13-6-8-20-15(2,3)9-13/h12-13H,5-11H2,1-4H3/t13-/m1/s1. The van der Waals surface area contributed by atoms with Gasteiger partial charge in [0, 0.05) is 19.7 Å². The third-order valence-corrected chi connectivity index (χ3v) is 3.94. The fourth-order valence-electron chi connectivity index (χ4n) is 3.09. The van der Waals surface area contributed by atoms with Gasteiger partial charge in [0.05, 0.1) is 12.1 Å². The molecule has 0 bridgehead atoms. The highest BCUT2D eigenvalue weighted by molar-refractivity contribution is 4.87. The van der Waals surface area contributed by atoms with Crippen LogP contribution in [0.4, 0.5) is 0 Å². The molecule has 1 aliphatic rings. The van der Waals surface area contributed by atoms with Gasteiger partial charge in [-0.25, -0.2) is 0 Å². The molecule has 1 aliphatic heterocycles. The van der Waals surface area contributed by atoms with Gasteiger partial charge in [-0.2, -0.15) is 0 Å². The topological polar surface area (TPSA) is 43.2 Å². The maximum absolute atomic E-state index is 5.79. The lowest BCUT2D eigenvalue weighted by Gasteiger charge is -2.37. The van der Waals surface area contributed by atoms with Gasteiger partial charge in [0.25, 0.3) is 0 Å². The van der Waals surface area contributed by atoms with Crippen LogP contribution in [0.1, 0.15) is 45.9 Å². The summed E-state index contributed by atoms with van der Waals surface area (Å²) in [5.74, 6) is 1.78. The van der Waals surface area contributed by atoms with E-state index in [9.17, 15) is 0 Å². The quantitative estimate of drug-likeness (QED) is 0.802. The third kappa shape index (κ3) is 4.28. The van der Waals surface area contributed by atoms with E-state index in [0.29, 0.717) is 5.92 Å². The normalized spacial score (nSPS) is 22.4. The summed E-state index contributed by atoms with van der Waals surface area (Å²) in [6.45, 7) is 10.4. The summed E-state index contributed by atoms with van der Waals surface area (Å²) in [6, 6.07) is 0. The average molecular weight is 280 g/mol. The van der Waals surface area contributed by atoms with Crippen LogP contribution in [0.3, 0.4) is 0 Å². The van der Waals surface area contributed by atoms with Crippen molar-refractivity contribution in [2.75, 3.05) is 20.2 Å². The second-order valence-corrected chi connectivity index (χ2v) is 6.60. The van der Waals surface area contributed by atoms with Gasteiger partial charge in [0.15, 0.2) is 0 Å². The maximum Gasteiger partial charge on any atom is 0.146 e. The van der Waals surface area contributed by atoms with Crippen molar-refractivity contribution in [2.24, 2.45) is 5.92 Å². The Morgan fingerprint density at radius 1 is 1.50 bits per heavy atom. The van der Waals surface area contributed by atoms with E-state index >= 15 is 0 Å². The van der Waals surface area contributed by atoms with Crippen molar-refractivity contribution >= 4 is 0 Å². The van der Waals surface area contributed by atoms with E-state index in [1.54, 1.807) is 0 Å². The molecule has 1 aromatic rings. The summed E-state index contributed by atoms with van der Waals surface area (Å²) in [5, 5.41) is 8.27. The molecular weight excluding hydrogens is 252 g/mol. The predicted molar refractivity (Wildman–Crippen MR) is 79.4 cm³/mol. The lowest BCUT2D eigenvalue weighted by molar-refractivity contribution is -0.0762. The minimum atomic E-state index is 0.0337. The fourth-order valence-corrected chi connectivity index (χ4v) is 3.09. The number of ether oxygens (including phenoxy) is 1. The summed E-state index contributed by atoms with van der Waals surface area (Å²) in [4.78, 5) is 2.36. The summed E-state index contributed by atoms with van der Waals surface area (Å²) in [5.41, 5.74) is 0.0337. The molecule has 20 heavy (non-hydrogen) atoms. The molecule has 1 atom stereocenters. The van der Waals surface area contributed by atoms with Crippen LogP contribution in [0.5, 0.6) is 0 Å². The summed E-state index contributed by atoms with van der Waals surface area (Å²) in [7, 11) is 2.17. The fraction of sp³-hybridized carbons (Fsp3) is 0.867. The molecule has 114 valence electrons. The molecule has 0 aliphatic carbocycles. The van der Waals surface area contributed by atoms with E-state index in [1.165, 1.54) is 0 Å². The number of rotatable bonds is 6. The molecule has 0 spiro atoms. The van der Waals surface area contributed by atoms with Gasteiger partial charge in [-0.15, -0.1) is 10.2 Å². The zero-order valence-electron chi connectivity index (χ0n) is 13.3. The van der Waals surface area contributed by atoms with Crippen molar-refractivity contribution in [3.63, 3.8) is 0 Å². The first-order valence-corrected chi connectivity index (χ1v) is 7.69. The van der Waals surface area contributed by atoms with E-state index in [0.717, 1.165) is 51.3 Å². The number of nitrogens with zero attached hydrogens (tertiary/aromatic N) is 4. The maximum atomic E-state index is 5.79. The van der Waals surface area contributed by atoms with Gasteiger partial charge in [0.2, 0.25) is 0 Å². The predicted octanol–water partition coefficient (Wildman–Crippen LogP) is 2.33. The van der Waals surface area contributed by atoms with Gasteiger partial charge >= 0.3 is 0 Å². The Morgan fingerprint density at radius 2 is 2.30 bits per heavy atom. The first kappa shape index (κ1) is 15.4. The molecule has 5 heteroatoms. The van der Waals surface area contributed by atoms with Crippen LogP contribution in [0.25, 0.3) is 0 Å². The van der Waals surface area contributed by atoms with E-state index in [-0.39, 0.29) is 5.60 Å².